The van der Waals surface area contributed by atoms with Gasteiger partial charge in [0.15, 0.2) is 16.6 Å². The molecule has 0 bridgehead atoms. The zero-order valence-electron chi connectivity index (χ0n) is 18.4. The van der Waals surface area contributed by atoms with E-state index in [0.717, 1.165) is 29.7 Å². The normalized spacial score (nSPS) is 15.7. The number of amides is 1. The topological polar surface area (TPSA) is 71.6 Å². The second kappa shape index (κ2) is 10.3. The second-order valence-corrected chi connectivity index (χ2v) is 7.86. The lowest BCUT2D eigenvalue weighted by Gasteiger charge is -2.30. The standard InChI is InChI=1S/C24H29N3O3S/c1-5-6-13-30-19-12-11-17(14-20(19)29-4)22-21(16(3)25-24(31)27-22)23(28)26-18-10-8-7-9-15(18)2/h7-12,14,22H,5-6,13H2,1-4H3,(H,26,28)(H2,25,27,31). The summed E-state index contributed by atoms with van der Waals surface area (Å²) < 4.78 is 11.4. The molecule has 0 radical (unpaired) electrons. The molecule has 3 N–H and O–H groups in total. The number of unbranched alkanes of at least 4 members (excludes halogenated alkanes) is 1. The van der Waals surface area contributed by atoms with Crippen molar-refractivity contribution in [3.8, 4) is 11.5 Å². The Morgan fingerprint density at radius 3 is 2.65 bits per heavy atom. The minimum absolute atomic E-state index is 0.193. The van der Waals surface area contributed by atoms with Gasteiger partial charge >= 0.3 is 0 Å². The summed E-state index contributed by atoms with van der Waals surface area (Å²) in [6.45, 7) is 6.56. The van der Waals surface area contributed by atoms with Gasteiger partial charge in [-0.3, -0.25) is 4.79 Å². The Morgan fingerprint density at radius 2 is 1.94 bits per heavy atom. The van der Waals surface area contributed by atoms with Crippen molar-refractivity contribution in [1.82, 2.24) is 10.6 Å². The average Bonchev–Trinajstić information content (AvgIpc) is 2.75. The predicted molar refractivity (Wildman–Crippen MR) is 128 cm³/mol. The lowest BCUT2D eigenvalue weighted by molar-refractivity contribution is -0.113. The number of nitrogens with one attached hydrogen (secondary N) is 3. The van der Waals surface area contributed by atoms with Crippen molar-refractivity contribution in [2.24, 2.45) is 0 Å². The van der Waals surface area contributed by atoms with E-state index in [1.54, 1.807) is 7.11 Å². The van der Waals surface area contributed by atoms with Crippen LogP contribution in [0.2, 0.25) is 0 Å². The van der Waals surface area contributed by atoms with Crippen molar-refractivity contribution < 1.29 is 14.3 Å². The summed E-state index contributed by atoms with van der Waals surface area (Å²) in [5.41, 5.74) is 3.91. The molecule has 6 nitrogen and oxygen atoms in total. The van der Waals surface area contributed by atoms with Gasteiger partial charge in [-0.15, -0.1) is 0 Å². The summed E-state index contributed by atoms with van der Waals surface area (Å²) in [6.07, 6.45) is 2.03. The van der Waals surface area contributed by atoms with E-state index in [1.807, 2.05) is 56.3 Å². The van der Waals surface area contributed by atoms with Gasteiger partial charge in [0.25, 0.3) is 5.91 Å². The van der Waals surface area contributed by atoms with Crippen molar-refractivity contribution in [3.63, 3.8) is 0 Å². The summed E-state index contributed by atoms with van der Waals surface area (Å²) in [4.78, 5) is 13.3. The van der Waals surface area contributed by atoms with Crippen LogP contribution >= 0.6 is 12.2 Å². The van der Waals surface area contributed by atoms with Crippen LogP contribution in [0.1, 0.15) is 43.9 Å². The molecule has 2 aromatic rings. The molecule has 1 aliphatic rings. The molecule has 31 heavy (non-hydrogen) atoms. The number of anilines is 1. The first-order valence-corrected chi connectivity index (χ1v) is 10.8. The van der Waals surface area contributed by atoms with Crippen LogP contribution in [-0.2, 0) is 4.79 Å². The van der Waals surface area contributed by atoms with Gasteiger partial charge in [0.2, 0.25) is 0 Å². The molecular weight excluding hydrogens is 410 g/mol. The monoisotopic (exact) mass is 439 g/mol. The molecule has 0 saturated carbocycles. The Hall–Kier alpha value is -3.06. The largest absolute Gasteiger partial charge is 0.493 e. The fourth-order valence-electron chi connectivity index (χ4n) is 3.46. The maximum absolute atomic E-state index is 13.3. The van der Waals surface area contributed by atoms with E-state index in [4.69, 9.17) is 21.7 Å². The lowest BCUT2D eigenvalue weighted by atomic mass is 9.94. The highest BCUT2D eigenvalue weighted by molar-refractivity contribution is 7.80. The molecule has 1 amide bonds. The molecule has 0 spiro atoms. The van der Waals surface area contributed by atoms with E-state index in [0.29, 0.717) is 34.5 Å². The smallest absolute Gasteiger partial charge is 0.255 e. The Balaban J connectivity index is 1.92. The number of aryl methyl sites for hydroxylation is 1. The SMILES string of the molecule is CCCCOc1ccc(C2NC(=S)NC(C)=C2C(=O)Nc2ccccc2C)cc1OC. The summed E-state index contributed by atoms with van der Waals surface area (Å²) in [7, 11) is 1.61. The van der Waals surface area contributed by atoms with Crippen LogP contribution in [0.4, 0.5) is 5.69 Å². The molecule has 1 heterocycles. The molecule has 1 atom stereocenters. The van der Waals surface area contributed by atoms with Crippen LogP contribution in [0, 0.1) is 6.92 Å². The summed E-state index contributed by atoms with van der Waals surface area (Å²) in [5, 5.41) is 9.78. The van der Waals surface area contributed by atoms with Gasteiger partial charge in [0.05, 0.1) is 25.3 Å². The number of hydrogen-bond donors (Lipinski definition) is 3. The number of ether oxygens (including phenoxy) is 2. The summed E-state index contributed by atoms with van der Waals surface area (Å²) >= 11 is 5.36. The van der Waals surface area contributed by atoms with Crippen molar-refractivity contribution in [3.05, 3.63) is 64.9 Å². The first kappa shape index (κ1) is 22.6. The first-order valence-electron chi connectivity index (χ1n) is 10.4. The molecule has 1 unspecified atom stereocenters. The fraction of sp³-hybridized carbons (Fsp3) is 0.333. The number of rotatable bonds is 8. The highest BCUT2D eigenvalue weighted by Crippen LogP contribution is 2.35. The third-order valence-electron chi connectivity index (χ3n) is 5.18. The number of thiocarbonyl (C=S) groups is 1. The van der Waals surface area contributed by atoms with E-state index in [9.17, 15) is 4.79 Å². The fourth-order valence-corrected chi connectivity index (χ4v) is 3.73. The van der Waals surface area contributed by atoms with E-state index < -0.39 is 6.04 Å². The van der Waals surface area contributed by atoms with Crippen LogP contribution in [0.25, 0.3) is 0 Å². The molecule has 3 rings (SSSR count). The zero-order chi connectivity index (χ0) is 22.4. The minimum atomic E-state index is -0.420. The number of allylic oxidation sites excluding steroid dienone is 1. The van der Waals surface area contributed by atoms with Crippen molar-refractivity contribution >= 4 is 28.9 Å². The number of benzene rings is 2. The molecule has 0 aliphatic carbocycles. The second-order valence-electron chi connectivity index (χ2n) is 7.45. The molecule has 1 aliphatic heterocycles. The molecule has 2 aromatic carbocycles. The Kier molecular flexibility index (Phi) is 7.52. The van der Waals surface area contributed by atoms with E-state index >= 15 is 0 Å². The van der Waals surface area contributed by atoms with Gasteiger partial charge in [-0.25, -0.2) is 0 Å². The molecule has 0 fully saturated rings. The van der Waals surface area contributed by atoms with Crippen LogP contribution in [0.5, 0.6) is 11.5 Å². The van der Waals surface area contributed by atoms with E-state index in [2.05, 4.69) is 22.9 Å². The van der Waals surface area contributed by atoms with Crippen molar-refractivity contribution in [2.75, 3.05) is 19.0 Å². The molecule has 0 aromatic heterocycles. The summed E-state index contributed by atoms with van der Waals surface area (Å²) in [5.74, 6) is 1.11. The van der Waals surface area contributed by atoms with Crippen molar-refractivity contribution in [2.45, 2.75) is 39.7 Å². The van der Waals surface area contributed by atoms with Gasteiger partial charge in [0.1, 0.15) is 0 Å². The third kappa shape index (κ3) is 5.35. The Morgan fingerprint density at radius 1 is 1.16 bits per heavy atom. The van der Waals surface area contributed by atoms with Gasteiger partial charge < -0.3 is 25.4 Å². The lowest BCUT2D eigenvalue weighted by Crippen LogP contribution is -2.45. The van der Waals surface area contributed by atoms with Gasteiger partial charge in [-0.1, -0.05) is 37.6 Å². The Labute approximate surface area is 189 Å². The molecule has 164 valence electrons. The Bertz CT molecular complexity index is 1000. The highest BCUT2D eigenvalue weighted by Gasteiger charge is 2.30. The van der Waals surface area contributed by atoms with Gasteiger partial charge in [-0.05, 0) is 61.8 Å². The third-order valence-corrected chi connectivity index (χ3v) is 5.40. The zero-order valence-corrected chi connectivity index (χ0v) is 19.2. The number of para-hydroxylation sites is 1. The van der Waals surface area contributed by atoms with E-state index in [-0.39, 0.29) is 5.91 Å². The highest BCUT2D eigenvalue weighted by atomic mass is 32.1. The number of hydrogen-bond acceptors (Lipinski definition) is 4. The summed E-state index contributed by atoms with van der Waals surface area (Å²) in [6, 6.07) is 13.0. The predicted octanol–water partition coefficient (Wildman–Crippen LogP) is 4.61. The van der Waals surface area contributed by atoms with Gasteiger partial charge in [0, 0.05) is 11.4 Å². The maximum atomic E-state index is 13.3. The van der Waals surface area contributed by atoms with Crippen LogP contribution in [-0.4, -0.2) is 24.7 Å². The number of carbonyl (C=O) groups excluding carboxylic acids is 1. The number of methoxy groups -OCH3 is 1. The average molecular weight is 440 g/mol. The van der Waals surface area contributed by atoms with E-state index in [1.165, 1.54) is 0 Å². The first-order chi connectivity index (χ1) is 14.9. The molecule has 0 saturated heterocycles. The molecular formula is C24H29N3O3S. The van der Waals surface area contributed by atoms with Gasteiger partial charge in [-0.2, -0.15) is 0 Å². The number of carbonyl (C=O) groups is 1. The maximum Gasteiger partial charge on any atom is 0.255 e. The minimum Gasteiger partial charge on any atom is -0.493 e. The quantitative estimate of drug-likeness (QED) is 0.412. The molecule has 7 heteroatoms. The van der Waals surface area contributed by atoms with Crippen LogP contribution in [0.3, 0.4) is 0 Å². The van der Waals surface area contributed by atoms with Crippen LogP contribution in [0.15, 0.2) is 53.7 Å². The van der Waals surface area contributed by atoms with Crippen molar-refractivity contribution in [1.29, 1.82) is 0 Å². The van der Waals surface area contributed by atoms with Crippen LogP contribution < -0.4 is 25.4 Å².